The van der Waals surface area contributed by atoms with E-state index in [1.807, 2.05) is 55.5 Å². The molecule has 0 heterocycles. The van der Waals surface area contributed by atoms with Gasteiger partial charge in [-0.15, -0.1) is 0 Å². The molecule has 0 aliphatic carbocycles. The van der Waals surface area contributed by atoms with Crippen LogP contribution in [-0.4, -0.2) is 6.21 Å². The molecule has 3 N–H and O–H groups in total. The second-order valence-corrected chi connectivity index (χ2v) is 3.46. The molecule has 0 unspecified atom stereocenters. The van der Waals surface area contributed by atoms with Crippen LogP contribution in [0, 0.1) is 5.41 Å². The number of benzene rings is 1. The van der Waals surface area contributed by atoms with Crippen LogP contribution in [-0.2, 0) is 0 Å². The normalized spacial score (nSPS) is 12.4. The fourth-order valence-corrected chi connectivity index (χ4v) is 1.15. The maximum absolute atomic E-state index is 6.83. The molecule has 0 amide bonds. The van der Waals surface area contributed by atoms with Crippen LogP contribution in [0.15, 0.2) is 54.1 Å². The minimum Gasteiger partial charge on any atom is -0.399 e. The average Bonchev–Trinajstić information content (AvgIpc) is 2.29. The number of allylic oxidation sites excluding steroid dienone is 5. The first kappa shape index (κ1) is 12.0. The monoisotopic (exact) mass is 212 g/mol. The van der Waals surface area contributed by atoms with Crippen molar-refractivity contribution in [1.82, 2.24) is 0 Å². The van der Waals surface area contributed by atoms with Crippen molar-refractivity contribution in [2.24, 2.45) is 0 Å². The third-order valence-electron chi connectivity index (χ3n) is 2.04. The summed E-state index contributed by atoms with van der Waals surface area (Å²) in [5.41, 5.74) is 8.63. The van der Waals surface area contributed by atoms with E-state index < -0.39 is 0 Å². The molecule has 2 heteroatoms. The van der Waals surface area contributed by atoms with Gasteiger partial charge in [0.2, 0.25) is 0 Å². The number of nitrogens with two attached hydrogens (primary N) is 1. The number of rotatable bonds is 4. The van der Waals surface area contributed by atoms with Crippen molar-refractivity contribution in [3.8, 4) is 0 Å². The van der Waals surface area contributed by atoms with Gasteiger partial charge in [-0.25, -0.2) is 0 Å². The molecule has 0 aliphatic heterocycles. The van der Waals surface area contributed by atoms with E-state index in [4.69, 9.17) is 11.1 Å². The van der Waals surface area contributed by atoms with Crippen molar-refractivity contribution in [2.45, 2.75) is 6.92 Å². The summed E-state index contributed by atoms with van der Waals surface area (Å²) in [5, 5.41) is 6.83. The van der Waals surface area contributed by atoms with Gasteiger partial charge in [0, 0.05) is 11.9 Å². The predicted molar refractivity (Wildman–Crippen MR) is 71.6 cm³/mol. The van der Waals surface area contributed by atoms with Crippen molar-refractivity contribution in [3.05, 3.63) is 59.7 Å². The first-order valence-corrected chi connectivity index (χ1v) is 5.10. The van der Waals surface area contributed by atoms with Crippen LogP contribution in [0.3, 0.4) is 0 Å². The number of hydrogen-bond acceptors (Lipinski definition) is 2. The number of nitrogen functional groups attached to an aromatic ring is 1. The highest BCUT2D eigenvalue weighted by atomic mass is 14.5. The minimum absolute atomic E-state index is 0.776. The van der Waals surface area contributed by atoms with E-state index in [9.17, 15) is 0 Å². The van der Waals surface area contributed by atoms with Gasteiger partial charge in [0.25, 0.3) is 0 Å². The summed E-state index contributed by atoms with van der Waals surface area (Å²) >= 11 is 0. The lowest BCUT2D eigenvalue weighted by Gasteiger charge is -1.94. The van der Waals surface area contributed by atoms with Crippen LogP contribution in [0.25, 0.3) is 6.08 Å². The lowest BCUT2D eigenvalue weighted by atomic mass is 10.1. The van der Waals surface area contributed by atoms with Crippen LogP contribution in [0.2, 0.25) is 0 Å². The molecule has 1 aromatic carbocycles. The standard InChI is InChI=1S/C14H16N2/c1-12(4-2-3-11-15)5-6-13-7-9-14(16)10-8-13/h2-11,15H,16H2,1H3/b3-2-,6-5+,12-4+,15-11?. The third-order valence-corrected chi connectivity index (χ3v) is 2.04. The van der Waals surface area contributed by atoms with E-state index in [0.717, 1.165) is 16.8 Å². The van der Waals surface area contributed by atoms with E-state index in [1.165, 1.54) is 6.21 Å². The zero-order chi connectivity index (χ0) is 11.8. The van der Waals surface area contributed by atoms with Gasteiger partial charge in [-0.3, -0.25) is 0 Å². The Balaban J connectivity index is 2.66. The maximum atomic E-state index is 6.83. The zero-order valence-corrected chi connectivity index (χ0v) is 9.35. The van der Waals surface area contributed by atoms with Gasteiger partial charge >= 0.3 is 0 Å². The van der Waals surface area contributed by atoms with Gasteiger partial charge in [0.05, 0.1) is 0 Å². The first-order valence-electron chi connectivity index (χ1n) is 5.10. The Morgan fingerprint density at radius 3 is 2.50 bits per heavy atom. The molecule has 0 spiro atoms. The summed E-state index contributed by atoms with van der Waals surface area (Å²) in [4.78, 5) is 0. The van der Waals surface area contributed by atoms with Crippen LogP contribution in [0.5, 0.6) is 0 Å². The second-order valence-electron chi connectivity index (χ2n) is 3.46. The molecule has 0 aliphatic rings. The topological polar surface area (TPSA) is 49.9 Å². The summed E-state index contributed by atoms with van der Waals surface area (Å²) in [7, 11) is 0. The average molecular weight is 212 g/mol. The number of hydrogen-bond donors (Lipinski definition) is 2. The van der Waals surface area contributed by atoms with Gasteiger partial charge in [-0.05, 0) is 30.7 Å². The summed E-state index contributed by atoms with van der Waals surface area (Å²) in [5.74, 6) is 0. The molecule has 82 valence electrons. The molecule has 0 saturated heterocycles. The fourth-order valence-electron chi connectivity index (χ4n) is 1.15. The third kappa shape index (κ3) is 4.42. The van der Waals surface area contributed by atoms with Crippen molar-refractivity contribution in [3.63, 3.8) is 0 Å². The smallest absolute Gasteiger partial charge is 0.0314 e. The molecule has 1 rings (SSSR count). The Morgan fingerprint density at radius 2 is 1.88 bits per heavy atom. The summed E-state index contributed by atoms with van der Waals surface area (Å²) in [6, 6.07) is 7.72. The van der Waals surface area contributed by atoms with E-state index in [0.29, 0.717) is 0 Å². The molecule has 16 heavy (non-hydrogen) atoms. The van der Waals surface area contributed by atoms with Gasteiger partial charge in [0.1, 0.15) is 0 Å². The van der Waals surface area contributed by atoms with Crippen LogP contribution in [0.1, 0.15) is 12.5 Å². The van der Waals surface area contributed by atoms with Crippen LogP contribution < -0.4 is 5.73 Å². The Morgan fingerprint density at radius 1 is 1.19 bits per heavy atom. The van der Waals surface area contributed by atoms with Crippen molar-refractivity contribution < 1.29 is 0 Å². The molecular weight excluding hydrogens is 196 g/mol. The molecule has 0 aromatic heterocycles. The van der Waals surface area contributed by atoms with Crippen LogP contribution in [0.4, 0.5) is 5.69 Å². The van der Waals surface area contributed by atoms with Crippen molar-refractivity contribution >= 4 is 18.0 Å². The summed E-state index contributed by atoms with van der Waals surface area (Å²) in [6.07, 6.45) is 10.8. The lowest BCUT2D eigenvalue weighted by Crippen LogP contribution is -1.82. The maximum Gasteiger partial charge on any atom is 0.0314 e. The molecule has 0 bridgehead atoms. The van der Waals surface area contributed by atoms with E-state index >= 15 is 0 Å². The van der Waals surface area contributed by atoms with E-state index in [-0.39, 0.29) is 0 Å². The molecule has 0 radical (unpaired) electrons. The molecular formula is C14H16N2. The van der Waals surface area contributed by atoms with Gasteiger partial charge < -0.3 is 11.1 Å². The zero-order valence-electron chi connectivity index (χ0n) is 9.35. The van der Waals surface area contributed by atoms with Crippen molar-refractivity contribution in [1.29, 1.82) is 5.41 Å². The quantitative estimate of drug-likeness (QED) is 0.448. The number of nitrogens with one attached hydrogen (secondary N) is 1. The molecule has 0 fully saturated rings. The minimum atomic E-state index is 0.776. The predicted octanol–water partition coefficient (Wildman–Crippen LogP) is 3.43. The Labute approximate surface area is 96.3 Å². The SMILES string of the molecule is CC(/C=C/c1ccc(N)cc1)=C\C=C/C=N. The highest BCUT2D eigenvalue weighted by molar-refractivity contribution is 5.68. The highest BCUT2D eigenvalue weighted by Gasteiger charge is 1.86. The van der Waals surface area contributed by atoms with Gasteiger partial charge in [-0.1, -0.05) is 42.0 Å². The number of anilines is 1. The van der Waals surface area contributed by atoms with Crippen LogP contribution >= 0.6 is 0 Å². The molecule has 1 aromatic rings. The Bertz CT molecular complexity index is 423. The summed E-state index contributed by atoms with van der Waals surface area (Å²) in [6.45, 7) is 2.02. The lowest BCUT2D eigenvalue weighted by molar-refractivity contribution is 1.53. The Hall–Kier alpha value is -2.09. The molecule has 0 saturated carbocycles. The van der Waals surface area contributed by atoms with E-state index in [2.05, 4.69) is 0 Å². The van der Waals surface area contributed by atoms with Gasteiger partial charge in [0.15, 0.2) is 0 Å². The fraction of sp³-hybridized carbons (Fsp3) is 0.0714. The van der Waals surface area contributed by atoms with Gasteiger partial charge in [-0.2, -0.15) is 0 Å². The second kappa shape index (κ2) is 6.40. The first-order chi connectivity index (χ1) is 7.72. The molecule has 0 atom stereocenters. The van der Waals surface area contributed by atoms with E-state index in [1.54, 1.807) is 6.08 Å². The largest absolute Gasteiger partial charge is 0.399 e. The van der Waals surface area contributed by atoms with Crippen molar-refractivity contribution in [2.75, 3.05) is 5.73 Å². The Kier molecular flexibility index (Phi) is 4.80. The highest BCUT2D eigenvalue weighted by Crippen LogP contribution is 2.08. The molecule has 2 nitrogen and oxygen atoms in total. The summed E-state index contributed by atoms with van der Waals surface area (Å²) < 4.78 is 0.